The maximum atomic E-state index is 12.9. The van der Waals surface area contributed by atoms with Crippen LogP contribution in [0.25, 0.3) is 11.1 Å². The van der Waals surface area contributed by atoms with E-state index in [1.807, 2.05) is 0 Å². The van der Waals surface area contributed by atoms with Crippen LogP contribution in [-0.4, -0.2) is 50.1 Å². The molecule has 2 aromatic rings. The summed E-state index contributed by atoms with van der Waals surface area (Å²) in [6, 6.07) is 12.6. The maximum absolute atomic E-state index is 12.9. The molecule has 4 nitrogen and oxygen atoms in total. The Bertz CT molecular complexity index is 775. The van der Waals surface area contributed by atoms with Crippen molar-refractivity contribution in [2.45, 2.75) is 44.9 Å². The normalized spacial score (nSPS) is 18.0. The third kappa shape index (κ3) is 5.40. The molecule has 0 atom stereocenters. The van der Waals surface area contributed by atoms with Gasteiger partial charge in [0.2, 0.25) is 0 Å². The van der Waals surface area contributed by atoms with Crippen LogP contribution in [-0.2, 0) is 0 Å². The van der Waals surface area contributed by atoms with Crippen LogP contribution in [0.15, 0.2) is 36.4 Å². The summed E-state index contributed by atoms with van der Waals surface area (Å²) in [4.78, 5) is 18.7. The molecule has 4 rings (SSSR count). The Balaban J connectivity index is 1.45. The van der Waals surface area contributed by atoms with Gasteiger partial charge in [0.15, 0.2) is 0 Å². The van der Waals surface area contributed by atoms with Gasteiger partial charge in [-0.1, -0.05) is 43.2 Å². The SMILES string of the molecule is O=C(NCCCN1CCCC1)c1cc(-c2ccccc2)c(N2CCCCCC2)s1. The first kappa shape index (κ1) is 20.4. The highest BCUT2D eigenvalue weighted by molar-refractivity contribution is 7.18. The van der Waals surface area contributed by atoms with Crippen LogP contribution in [0.2, 0.25) is 0 Å². The zero-order valence-corrected chi connectivity index (χ0v) is 18.2. The summed E-state index contributed by atoms with van der Waals surface area (Å²) >= 11 is 1.67. The van der Waals surface area contributed by atoms with E-state index in [-0.39, 0.29) is 5.91 Å². The standard InChI is InChI=1S/C24H33N3OS/c28-23(25-13-10-16-26-14-8-9-15-26)22-19-21(20-11-4-3-5-12-20)24(29-22)27-17-6-1-2-7-18-27/h3-5,11-12,19H,1-2,6-10,13-18H2,(H,25,28). The monoisotopic (exact) mass is 411 g/mol. The lowest BCUT2D eigenvalue weighted by molar-refractivity contribution is 0.0956. The van der Waals surface area contributed by atoms with Crippen LogP contribution in [0.4, 0.5) is 5.00 Å². The number of nitrogens with one attached hydrogen (secondary N) is 1. The second-order valence-electron chi connectivity index (χ2n) is 8.25. The Labute approximate surface area is 178 Å². The second kappa shape index (κ2) is 10.3. The van der Waals surface area contributed by atoms with Crippen molar-refractivity contribution >= 4 is 22.2 Å². The topological polar surface area (TPSA) is 35.6 Å². The van der Waals surface area contributed by atoms with Gasteiger partial charge in [0.25, 0.3) is 5.91 Å². The van der Waals surface area contributed by atoms with Crippen molar-refractivity contribution in [3.8, 4) is 11.1 Å². The molecule has 0 bridgehead atoms. The highest BCUT2D eigenvalue weighted by atomic mass is 32.1. The number of rotatable bonds is 7. The molecule has 0 aliphatic carbocycles. The lowest BCUT2D eigenvalue weighted by Crippen LogP contribution is -2.28. The molecule has 0 saturated carbocycles. The van der Waals surface area contributed by atoms with Crippen LogP contribution >= 0.6 is 11.3 Å². The Morgan fingerprint density at radius 1 is 0.931 bits per heavy atom. The summed E-state index contributed by atoms with van der Waals surface area (Å²) in [7, 11) is 0. The van der Waals surface area contributed by atoms with E-state index in [1.54, 1.807) is 11.3 Å². The van der Waals surface area contributed by atoms with Gasteiger partial charge in [0.05, 0.1) is 9.88 Å². The van der Waals surface area contributed by atoms with E-state index in [0.717, 1.165) is 37.5 Å². The molecule has 5 heteroatoms. The number of thiophene rings is 1. The highest BCUT2D eigenvalue weighted by Crippen LogP contribution is 2.39. The fourth-order valence-corrected chi connectivity index (χ4v) is 5.57. The van der Waals surface area contributed by atoms with E-state index < -0.39 is 0 Å². The van der Waals surface area contributed by atoms with E-state index in [1.165, 1.54) is 67.7 Å². The van der Waals surface area contributed by atoms with Crippen LogP contribution in [0.5, 0.6) is 0 Å². The fraction of sp³-hybridized carbons (Fsp3) is 0.542. The number of hydrogen-bond acceptors (Lipinski definition) is 4. The molecule has 29 heavy (non-hydrogen) atoms. The van der Waals surface area contributed by atoms with Crippen LogP contribution in [0.3, 0.4) is 0 Å². The van der Waals surface area contributed by atoms with Crippen molar-refractivity contribution in [2.24, 2.45) is 0 Å². The largest absolute Gasteiger partial charge is 0.363 e. The predicted octanol–water partition coefficient (Wildman–Crippen LogP) is 5.01. The summed E-state index contributed by atoms with van der Waals surface area (Å²) < 4.78 is 0. The quantitative estimate of drug-likeness (QED) is 0.651. The molecular weight excluding hydrogens is 378 g/mol. The van der Waals surface area contributed by atoms with Crippen molar-refractivity contribution < 1.29 is 4.79 Å². The van der Waals surface area contributed by atoms with Crippen LogP contribution in [0, 0.1) is 0 Å². The van der Waals surface area contributed by atoms with E-state index in [2.05, 4.69) is 51.5 Å². The Morgan fingerprint density at radius 2 is 1.62 bits per heavy atom. The van der Waals surface area contributed by atoms with Crippen molar-refractivity contribution in [2.75, 3.05) is 44.2 Å². The van der Waals surface area contributed by atoms with Gasteiger partial charge in [-0.25, -0.2) is 0 Å². The van der Waals surface area contributed by atoms with Crippen LogP contribution in [0.1, 0.15) is 54.6 Å². The Morgan fingerprint density at radius 3 is 2.34 bits per heavy atom. The molecule has 1 N–H and O–H groups in total. The smallest absolute Gasteiger partial charge is 0.261 e. The van der Waals surface area contributed by atoms with Gasteiger partial charge >= 0.3 is 0 Å². The number of carbonyl (C=O) groups is 1. The van der Waals surface area contributed by atoms with E-state index in [9.17, 15) is 4.79 Å². The molecule has 0 unspecified atom stereocenters. The second-order valence-corrected chi connectivity index (χ2v) is 9.29. The first-order chi connectivity index (χ1) is 14.3. The Hall–Kier alpha value is -1.85. The van der Waals surface area contributed by atoms with Crippen molar-refractivity contribution in [1.82, 2.24) is 10.2 Å². The van der Waals surface area contributed by atoms with Gasteiger partial charge < -0.3 is 15.1 Å². The number of nitrogens with zero attached hydrogens (tertiary/aromatic N) is 2. The summed E-state index contributed by atoms with van der Waals surface area (Å²) in [5.74, 6) is 0.0784. The number of anilines is 1. The average molecular weight is 412 g/mol. The van der Waals surface area contributed by atoms with Gasteiger partial charge in [-0.05, 0) is 63.4 Å². The molecular formula is C24H33N3OS. The molecule has 0 spiro atoms. The number of carbonyl (C=O) groups excluding carboxylic acids is 1. The van der Waals surface area contributed by atoms with Gasteiger partial charge in [-0.2, -0.15) is 0 Å². The predicted molar refractivity (Wildman–Crippen MR) is 123 cm³/mol. The van der Waals surface area contributed by atoms with Crippen molar-refractivity contribution in [3.05, 3.63) is 41.3 Å². The lowest BCUT2D eigenvalue weighted by Gasteiger charge is -2.22. The molecule has 1 amide bonds. The molecule has 3 heterocycles. The number of likely N-dealkylation sites (tertiary alicyclic amines) is 1. The zero-order chi connectivity index (χ0) is 19.9. The van der Waals surface area contributed by atoms with Crippen LogP contribution < -0.4 is 10.2 Å². The molecule has 2 fully saturated rings. The number of amides is 1. The van der Waals surface area contributed by atoms with Gasteiger partial charge in [0, 0.05) is 25.2 Å². The third-order valence-electron chi connectivity index (χ3n) is 6.05. The van der Waals surface area contributed by atoms with E-state index >= 15 is 0 Å². The Kier molecular flexibility index (Phi) is 7.23. The number of hydrogen-bond donors (Lipinski definition) is 1. The molecule has 2 saturated heterocycles. The minimum absolute atomic E-state index is 0.0784. The van der Waals surface area contributed by atoms with Gasteiger partial charge in [-0.15, -0.1) is 11.3 Å². The highest BCUT2D eigenvalue weighted by Gasteiger charge is 2.21. The minimum atomic E-state index is 0.0784. The first-order valence-corrected chi connectivity index (χ1v) is 12.1. The minimum Gasteiger partial charge on any atom is -0.363 e. The maximum Gasteiger partial charge on any atom is 0.261 e. The first-order valence-electron chi connectivity index (χ1n) is 11.3. The van der Waals surface area contributed by atoms with E-state index in [0.29, 0.717) is 0 Å². The zero-order valence-electron chi connectivity index (χ0n) is 17.4. The average Bonchev–Trinajstić information content (AvgIpc) is 3.36. The molecule has 2 aliphatic rings. The molecule has 1 aromatic heterocycles. The summed E-state index contributed by atoms with van der Waals surface area (Å²) in [5, 5.41) is 4.42. The molecule has 1 aromatic carbocycles. The van der Waals surface area contributed by atoms with Crippen molar-refractivity contribution in [1.29, 1.82) is 0 Å². The molecule has 0 radical (unpaired) electrons. The summed E-state index contributed by atoms with van der Waals surface area (Å²) in [6.45, 7) is 6.48. The van der Waals surface area contributed by atoms with Gasteiger partial charge in [0.1, 0.15) is 0 Å². The van der Waals surface area contributed by atoms with E-state index in [4.69, 9.17) is 0 Å². The lowest BCUT2D eigenvalue weighted by atomic mass is 10.1. The van der Waals surface area contributed by atoms with Crippen molar-refractivity contribution in [3.63, 3.8) is 0 Å². The van der Waals surface area contributed by atoms with Gasteiger partial charge in [-0.3, -0.25) is 4.79 Å². The molecule has 156 valence electrons. The summed E-state index contributed by atoms with van der Waals surface area (Å²) in [5.41, 5.74) is 2.41. The summed E-state index contributed by atoms with van der Waals surface area (Å²) in [6.07, 6.45) is 8.78. The molecule has 2 aliphatic heterocycles. The number of benzene rings is 1. The third-order valence-corrected chi connectivity index (χ3v) is 7.24. The fourth-order valence-electron chi connectivity index (χ4n) is 4.42.